The Morgan fingerprint density at radius 1 is 1.09 bits per heavy atom. The van der Waals surface area contributed by atoms with Crippen LogP contribution in [0.1, 0.15) is 44.9 Å². The maximum Gasteiger partial charge on any atom is 2.00 e. The predicted molar refractivity (Wildman–Crippen MR) is 46.9 cm³/mol. The molecule has 0 atom stereocenters. The zero-order valence-corrected chi connectivity index (χ0v) is 9.49. The van der Waals surface area contributed by atoms with E-state index < -0.39 is 0 Å². The molecule has 0 saturated heterocycles. The van der Waals surface area contributed by atoms with Gasteiger partial charge in [-0.05, 0) is 5.92 Å². The topological polar surface area (TPSA) is 0 Å². The van der Waals surface area contributed by atoms with Crippen LogP contribution in [-0.2, 0) is 0 Å². The molecule has 0 aromatic carbocycles. The summed E-state index contributed by atoms with van der Waals surface area (Å²) in [6, 6.07) is 0. The van der Waals surface area contributed by atoms with Crippen LogP contribution in [0.3, 0.4) is 0 Å². The van der Waals surface area contributed by atoms with Gasteiger partial charge in [-0.2, -0.15) is 6.42 Å². The summed E-state index contributed by atoms with van der Waals surface area (Å²) < 4.78 is 0. The Balaban J connectivity index is 0. The fourth-order valence-corrected chi connectivity index (χ4v) is 1.76. The smallest absolute Gasteiger partial charge is 1.00 e. The Hall–Kier alpha value is 1.06. The third-order valence-corrected chi connectivity index (χ3v) is 2.34. The van der Waals surface area contributed by atoms with Gasteiger partial charge < -0.3 is 19.3 Å². The molecular weight excluding hydrogens is 168 g/mol. The van der Waals surface area contributed by atoms with E-state index in [1.807, 2.05) is 0 Å². The summed E-state index contributed by atoms with van der Waals surface area (Å²) in [6.45, 7) is 3.88. The number of hydrogen-bond donors (Lipinski definition) is 0. The monoisotopic (exact) mass is 184 g/mol. The first-order chi connectivity index (χ1) is 4.43. The van der Waals surface area contributed by atoms with Crippen molar-refractivity contribution in [2.75, 3.05) is 0 Å². The summed E-state index contributed by atoms with van der Waals surface area (Å²) in [5, 5.41) is 0. The molecule has 0 aromatic heterocycles. The maximum atomic E-state index is 3.88. The average molecular weight is 185 g/mol. The first-order valence-corrected chi connectivity index (χ1v) is 4.22. The van der Waals surface area contributed by atoms with Crippen LogP contribution in [-0.4, -0.2) is 23.1 Å². The summed E-state index contributed by atoms with van der Waals surface area (Å²) in [4.78, 5) is 0. The van der Waals surface area contributed by atoms with Crippen LogP contribution in [0.2, 0.25) is 0 Å². The molecule has 0 heterocycles. The van der Waals surface area contributed by atoms with Gasteiger partial charge in [-0.15, -0.1) is 0 Å². The molecule has 0 amide bonds. The zero-order valence-electron chi connectivity index (χ0n) is 7.32. The molecule has 1 aliphatic carbocycles. The summed E-state index contributed by atoms with van der Waals surface area (Å²) in [5.74, 6) is 1.04. The van der Waals surface area contributed by atoms with Crippen LogP contribution in [0.5, 0.6) is 0 Å². The molecule has 11 heavy (non-hydrogen) atoms. The van der Waals surface area contributed by atoms with Gasteiger partial charge in [0.25, 0.3) is 0 Å². The van der Waals surface area contributed by atoms with Gasteiger partial charge in [0.05, 0.1) is 0 Å². The van der Waals surface area contributed by atoms with Crippen molar-refractivity contribution < 1.29 is 12.4 Å². The predicted octanol–water partition coefficient (Wildman–Crippen LogP) is -0.196. The molecule has 0 aliphatic heterocycles. The molecular formula is C9H17ClMg. The van der Waals surface area contributed by atoms with E-state index >= 15 is 0 Å². The normalized spacial score (nSPS) is 18.3. The molecule has 1 aliphatic rings. The Kier molecular flexibility index (Phi) is 12.1. The first-order valence-electron chi connectivity index (χ1n) is 4.22. The minimum absolute atomic E-state index is 0. The van der Waals surface area contributed by atoms with E-state index in [-0.39, 0.29) is 35.5 Å². The average Bonchev–Trinajstić information content (AvgIpc) is 1.91. The SMILES string of the molecule is [CH2-]CCC1CCCCC1.[Cl-].[Mg+2]. The minimum Gasteiger partial charge on any atom is -1.00 e. The van der Waals surface area contributed by atoms with Gasteiger partial charge in [-0.3, -0.25) is 0 Å². The molecule has 0 spiro atoms. The third-order valence-electron chi connectivity index (χ3n) is 2.34. The third kappa shape index (κ3) is 6.24. The number of halogens is 1. The second kappa shape index (κ2) is 9.15. The van der Waals surface area contributed by atoms with Gasteiger partial charge in [-0.25, -0.2) is 0 Å². The molecule has 0 aromatic rings. The van der Waals surface area contributed by atoms with Crippen molar-refractivity contribution in [3.8, 4) is 0 Å². The van der Waals surface area contributed by atoms with Crippen molar-refractivity contribution in [2.24, 2.45) is 5.92 Å². The van der Waals surface area contributed by atoms with Crippen LogP contribution in [0.4, 0.5) is 0 Å². The largest absolute Gasteiger partial charge is 2.00 e. The van der Waals surface area contributed by atoms with Crippen molar-refractivity contribution in [2.45, 2.75) is 44.9 Å². The molecule has 0 radical (unpaired) electrons. The minimum atomic E-state index is 0. The van der Waals surface area contributed by atoms with Crippen molar-refractivity contribution in [3.63, 3.8) is 0 Å². The van der Waals surface area contributed by atoms with E-state index in [0.29, 0.717) is 0 Å². The zero-order chi connectivity index (χ0) is 6.53. The van der Waals surface area contributed by atoms with Crippen LogP contribution in [0.25, 0.3) is 0 Å². The van der Waals surface area contributed by atoms with Crippen molar-refractivity contribution in [1.29, 1.82) is 0 Å². The van der Waals surface area contributed by atoms with Gasteiger partial charge in [0.2, 0.25) is 0 Å². The fraction of sp³-hybridized carbons (Fsp3) is 0.889. The summed E-state index contributed by atoms with van der Waals surface area (Å²) >= 11 is 0. The number of rotatable bonds is 2. The Morgan fingerprint density at radius 2 is 1.64 bits per heavy atom. The summed E-state index contributed by atoms with van der Waals surface area (Å²) in [5.41, 5.74) is 0. The molecule has 2 heteroatoms. The van der Waals surface area contributed by atoms with Gasteiger partial charge in [0.1, 0.15) is 0 Å². The molecule has 0 bridgehead atoms. The van der Waals surface area contributed by atoms with Crippen LogP contribution in [0, 0.1) is 12.8 Å². The Morgan fingerprint density at radius 3 is 2.09 bits per heavy atom. The van der Waals surface area contributed by atoms with Crippen LogP contribution in [0.15, 0.2) is 0 Å². The second-order valence-corrected chi connectivity index (χ2v) is 3.15. The molecule has 1 fully saturated rings. The van der Waals surface area contributed by atoms with Crippen molar-refractivity contribution in [1.82, 2.24) is 0 Å². The Labute approximate surface area is 93.1 Å². The van der Waals surface area contributed by atoms with Crippen molar-refractivity contribution >= 4 is 23.1 Å². The van der Waals surface area contributed by atoms with Gasteiger partial charge in [0, 0.05) is 0 Å². The second-order valence-electron chi connectivity index (χ2n) is 3.15. The van der Waals surface area contributed by atoms with Crippen LogP contribution < -0.4 is 12.4 Å². The molecule has 1 rings (SSSR count). The summed E-state index contributed by atoms with van der Waals surface area (Å²) in [7, 11) is 0. The summed E-state index contributed by atoms with van der Waals surface area (Å²) in [6.07, 6.45) is 9.92. The fourth-order valence-electron chi connectivity index (χ4n) is 1.76. The first kappa shape index (κ1) is 14.6. The van der Waals surface area contributed by atoms with Crippen LogP contribution >= 0.6 is 0 Å². The van der Waals surface area contributed by atoms with Crippen molar-refractivity contribution in [3.05, 3.63) is 6.92 Å². The van der Waals surface area contributed by atoms with Gasteiger partial charge in [0.15, 0.2) is 0 Å². The van der Waals surface area contributed by atoms with E-state index in [4.69, 9.17) is 0 Å². The van der Waals surface area contributed by atoms with E-state index in [0.717, 1.165) is 12.3 Å². The quantitative estimate of drug-likeness (QED) is 0.413. The van der Waals surface area contributed by atoms with E-state index in [1.165, 1.54) is 38.5 Å². The van der Waals surface area contributed by atoms with Gasteiger partial charge in [-0.1, -0.05) is 38.5 Å². The Bertz CT molecular complexity index is 67.2. The standard InChI is InChI=1S/C9H17.ClH.Mg/c1-2-6-9-7-4-3-5-8-9;;/h9H,1-8H2;1H;/q-1;;+2/p-1. The molecule has 0 nitrogen and oxygen atoms in total. The molecule has 0 N–H and O–H groups in total. The molecule has 1 saturated carbocycles. The van der Waals surface area contributed by atoms with E-state index in [1.54, 1.807) is 0 Å². The molecule has 62 valence electrons. The van der Waals surface area contributed by atoms with E-state index in [9.17, 15) is 0 Å². The molecule has 0 unspecified atom stereocenters. The van der Waals surface area contributed by atoms with Gasteiger partial charge >= 0.3 is 23.1 Å². The number of hydrogen-bond acceptors (Lipinski definition) is 0. The maximum absolute atomic E-state index is 3.88. The van der Waals surface area contributed by atoms with E-state index in [2.05, 4.69) is 6.92 Å².